The van der Waals surface area contributed by atoms with Gasteiger partial charge in [-0.2, -0.15) is 0 Å². The van der Waals surface area contributed by atoms with Gasteiger partial charge in [-0.05, 0) is 49.9 Å². The topological polar surface area (TPSA) is 76.2 Å². The number of rotatable bonds is 3. The van der Waals surface area contributed by atoms with Crippen molar-refractivity contribution in [1.29, 1.82) is 0 Å². The number of methoxy groups -OCH3 is 1. The summed E-state index contributed by atoms with van der Waals surface area (Å²) in [5.74, 6) is -0.162. The third-order valence-corrected chi connectivity index (χ3v) is 4.97. The van der Waals surface area contributed by atoms with Crippen molar-refractivity contribution >= 4 is 34.9 Å². The standard InChI is InChI=1S/C20H22N2O5S/c1-20(2,3)27-19(25)22-12-16(23)21(15-9-10-28-17(15)18(22)24)11-13-5-7-14(26-4)8-6-13/h5-10H,11-12H2,1-4H3. The van der Waals surface area contributed by atoms with Crippen molar-refractivity contribution < 1.29 is 23.9 Å². The fraction of sp³-hybridized carbons (Fsp3) is 0.350. The van der Waals surface area contributed by atoms with Crippen LogP contribution in [-0.2, 0) is 16.1 Å². The molecule has 0 N–H and O–H groups in total. The summed E-state index contributed by atoms with van der Waals surface area (Å²) >= 11 is 1.20. The Morgan fingerprint density at radius 1 is 1.14 bits per heavy atom. The molecule has 7 nitrogen and oxygen atoms in total. The van der Waals surface area contributed by atoms with E-state index in [1.54, 1.807) is 39.3 Å². The fourth-order valence-corrected chi connectivity index (χ4v) is 3.62. The zero-order valence-corrected chi connectivity index (χ0v) is 17.0. The molecule has 1 aliphatic rings. The van der Waals surface area contributed by atoms with Gasteiger partial charge in [-0.1, -0.05) is 12.1 Å². The Balaban J connectivity index is 1.90. The fourth-order valence-electron chi connectivity index (χ4n) is 2.78. The van der Waals surface area contributed by atoms with Gasteiger partial charge in [-0.25, -0.2) is 9.69 Å². The number of ether oxygens (including phenoxy) is 2. The molecule has 3 amide bonds. The van der Waals surface area contributed by atoms with E-state index in [2.05, 4.69) is 0 Å². The Kier molecular flexibility index (Phi) is 5.42. The molecule has 0 bridgehead atoms. The molecule has 0 saturated heterocycles. The molecule has 1 aliphatic heterocycles. The second-order valence-corrected chi connectivity index (χ2v) is 8.25. The number of thiophene rings is 1. The van der Waals surface area contributed by atoms with Crippen LogP contribution in [0.2, 0.25) is 0 Å². The maximum Gasteiger partial charge on any atom is 0.417 e. The predicted octanol–water partition coefficient (Wildman–Crippen LogP) is 3.68. The van der Waals surface area contributed by atoms with E-state index in [4.69, 9.17) is 9.47 Å². The number of amides is 3. The predicted molar refractivity (Wildman–Crippen MR) is 106 cm³/mol. The zero-order chi connectivity index (χ0) is 20.5. The zero-order valence-electron chi connectivity index (χ0n) is 16.2. The summed E-state index contributed by atoms with van der Waals surface area (Å²) < 4.78 is 10.5. The lowest BCUT2D eigenvalue weighted by atomic mass is 10.2. The molecule has 28 heavy (non-hydrogen) atoms. The molecule has 0 saturated carbocycles. The molecule has 3 rings (SSSR count). The summed E-state index contributed by atoms with van der Waals surface area (Å²) in [5, 5.41) is 1.73. The van der Waals surface area contributed by atoms with Gasteiger partial charge in [-0.15, -0.1) is 11.3 Å². The maximum atomic E-state index is 12.9. The maximum absolute atomic E-state index is 12.9. The Labute approximate surface area is 167 Å². The van der Waals surface area contributed by atoms with Gasteiger partial charge in [0, 0.05) is 0 Å². The molecular weight excluding hydrogens is 380 g/mol. The Morgan fingerprint density at radius 2 is 1.82 bits per heavy atom. The van der Waals surface area contributed by atoms with Crippen molar-refractivity contribution in [2.75, 3.05) is 18.6 Å². The first-order valence-electron chi connectivity index (χ1n) is 8.75. The van der Waals surface area contributed by atoms with Gasteiger partial charge in [0.25, 0.3) is 5.91 Å². The lowest BCUT2D eigenvalue weighted by Gasteiger charge is -2.25. The molecule has 1 aromatic heterocycles. The molecule has 0 fully saturated rings. The average molecular weight is 402 g/mol. The molecule has 8 heteroatoms. The van der Waals surface area contributed by atoms with Crippen LogP contribution in [0, 0.1) is 0 Å². The van der Waals surface area contributed by atoms with Gasteiger partial charge >= 0.3 is 6.09 Å². The van der Waals surface area contributed by atoms with Gasteiger partial charge < -0.3 is 14.4 Å². The van der Waals surface area contributed by atoms with E-state index in [1.807, 2.05) is 24.3 Å². The molecular formula is C20H22N2O5S. The number of fused-ring (bicyclic) bond motifs is 1. The molecule has 2 aromatic rings. The molecule has 0 atom stereocenters. The highest BCUT2D eigenvalue weighted by Crippen LogP contribution is 2.32. The smallest absolute Gasteiger partial charge is 0.417 e. The molecule has 148 valence electrons. The summed E-state index contributed by atoms with van der Waals surface area (Å²) in [7, 11) is 1.59. The number of hydrogen-bond donors (Lipinski definition) is 0. The highest BCUT2D eigenvalue weighted by atomic mass is 32.1. The first-order chi connectivity index (χ1) is 13.2. The Morgan fingerprint density at radius 3 is 2.43 bits per heavy atom. The number of benzene rings is 1. The third kappa shape index (κ3) is 4.17. The van der Waals surface area contributed by atoms with E-state index >= 15 is 0 Å². The lowest BCUT2D eigenvalue weighted by Crippen LogP contribution is -2.44. The van der Waals surface area contributed by atoms with E-state index in [1.165, 1.54) is 16.2 Å². The van der Waals surface area contributed by atoms with Gasteiger partial charge in [0.15, 0.2) is 0 Å². The molecule has 0 radical (unpaired) electrons. The molecule has 0 unspecified atom stereocenters. The summed E-state index contributed by atoms with van der Waals surface area (Å²) in [6.45, 7) is 5.04. The molecule has 1 aromatic carbocycles. The van der Waals surface area contributed by atoms with Crippen molar-refractivity contribution in [3.8, 4) is 5.75 Å². The summed E-state index contributed by atoms with van der Waals surface area (Å²) in [6, 6.07) is 9.06. The summed E-state index contributed by atoms with van der Waals surface area (Å²) in [5.41, 5.74) is 0.611. The van der Waals surface area contributed by atoms with Crippen molar-refractivity contribution in [3.63, 3.8) is 0 Å². The van der Waals surface area contributed by atoms with Crippen molar-refractivity contribution in [3.05, 3.63) is 46.2 Å². The number of anilines is 1. The summed E-state index contributed by atoms with van der Waals surface area (Å²) in [4.78, 5) is 41.1. The number of imide groups is 1. The lowest BCUT2D eigenvalue weighted by molar-refractivity contribution is -0.119. The molecule has 0 aliphatic carbocycles. The highest BCUT2D eigenvalue weighted by Gasteiger charge is 2.37. The van der Waals surface area contributed by atoms with Crippen LogP contribution in [0.3, 0.4) is 0 Å². The van der Waals surface area contributed by atoms with Gasteiger partial charge in [-0.3, -0.25) is 9.59 Å². The SMILES string of the molecule is COc1ccc(CN2C(=O)CN(C(=O)OC(C)(C)C)C(=O)c3sccc32)cc1. The second kappa shape index (κ2) is 7.63. The summed E-state index contributed by atoms with van der Waals surface area (Å²) in [6.07, 6.45) is -0.823. The minimum Gasteiger partial charge on any atom is -0.497 e. The second-order valence-electron chi connectivity index (χ2n) is 7.33. The van der Waals surface area contributed by atoms with Crippen LogP contribution in [0.1, 0.15) is 36.0 Å². The van der Waals surface area contributed by atoms with Crippen LogP contribution in [0.25, 0.3) is 0 Å². The van der Waals surface area contributed by atoms with Crippen LogP contribution >= 0.6 is 11.3 Å². The van der Waals surface area contributed by atoms with Crippen molar-refractivity contribution in [2.24, 2.45) is 0 Å². The van der Waals surface area contributed by atoms with Crippen LogP contribution < -0.4 is 9.64 Å². The minimum absolute atomic E-state index is 0.280. The van der Waals surface area contributed by atoms with Crippen LogP contribution in [0.4, 0.5) is 10.5 Å². The van der Waals surface area contributed by atoms with E-state index in [-0.39, 0.29) is 19.0 Å². The van der Waals surface area contributed by atoms with Crippen LogP contribution in [0.5, 0.6) is 5.75 Å². The van der Waals surface area contributed by atoms with Crippen LogP contribution in [-0.4, -0.2) is 42.1 Å². The quantitative estimate of drug-likeness (QED) is 0.783. The van der Waals surface area contributed by atoms with Gasteiger partial charge in [0.2, 0.25) is 5.91 Å². The van der Waals surface area contributed by atoms with Gasteiger partial charge in [0.05, 0.1) is 19.3 Å². The number of hydrogen-bond acceptors (Lipinski definition) is 6. The highest BCUT2D eigenvalue weighted by molar-refractivity contribution is 7.12. The van der Waals surface area contributed by atoms with E-state index in [0.717, 1.165) is 10.5 Å². The largest absolute Gasteiger partial charge is 0.497 e. The number of carbonyl (C=O) groups is 3. The number of nitrogens with zero attached hydrogens (tertiary/aromatic N) is 2. The van der Waals surface area contributed by atoms with Crippen molar-refractivity contribution in [1.82, 2.24) is 4.90 Å². The Bertz CT molecular complexity index is 898. The first kappa shape index (κ1) is 19.9. The minimum atomic E-state index is -0.823. The first-order valence-corrected chi connectivity index (χ1v) is 9.63. The normalized spacial score (nSPS) is 14.6. The van der Waals surface area contributed by atoms with Gasteiger partial charge in [0.1, 0.15) is 22.8 Å². The molecule has 2 heterocycles. The molecule has 0 spiro atoms. The van der Waals surface area contributed by atoms with Crippen LogP contribution in [0.15, 0.2) is 35.7 Å². The van der Waals surface area contributed by atoms with E-state index < -0.39 is 17.6 Å². The van der Waals surface area contributed by atoms with E-state index in [9.17, 15) is 14.4 Å². The average Bonchev–Trinajstić information content (AvgIpc) is 3.08. The number of carbonyl (C=O) groups excluding carboxylic acids is 3. The van der Waals surface area contributed by atoms with E-state index in [0.29, 0.717) is 16.3 Å². The third-order valence-electron chi connectivity index (χ3n) is 4.08. The Hall–Kier alpha value is -2.87. The monoisotopic (exact) mass is 402 g/mol. The van der Waals surface area contributed by atoms with Crippen molar-refractivity contribution in [2.45, 2.75) is 32.9 Å².